The van der Waals surface area contributed by atoms with Gasteiger partial charge in [0, 0.05) is 6.20 Å². The molecule has 1 aromatic heterocycles. The molecule has 2 heterocycles. The van der Waals surface area contributed by atoms with Gasteiger partial charge in [-0.15, -0.1) is 0 Å². The molecule has 0 fully saturated rings. The van der Waals surface area contributed by atoms with Gasteiger partial charge in [0.2, 0.25) is 0 Å². The Bertz CT molecular complexity index is 630. The van der Waals surface area contributed by atoms with Crippen LogP contribution in [0.4, 0.5) is 13.2 Å². The highest BCUT2D eigenvalue weighted by Gasteiger charge is 2.31. The maximum atomic E-state index is 12.4. The van der Waals surface area contributed by atoms with Gasteiger partial charge in [0.15, 0.2) is 5.78 Å². The minimum absolute atomic E-state index is 0.0655. The van der Waals surface area contributed by atoms with E-state index in [1.54, 1.807) is 0 Å². The molecule has 0 atom stereocenters. The number of hydrogen-bond acceptors (Lipinski definition) is 4. The lowest BCUT2D eigenvalue weighted by Crippen LogP contribution is -2.22. The lowest BCUT2D eigenvalue weighted by molar-refractivity contribution is -0.138. The number of carboxylic acids is 1. The molecule has 0 aromatic carbocycles. The van der Waals surface area contributed by atoms with Gasteiger partial charge in [0.25, 0.3) is 0 Å². The Hall–Kier alpha value is -2.51. The van der Waals surface area contributed by atoms with Gasteiger partial charge in [0.05, 0.1) is 17.0 Å². The molecule has 0 aliphatic carbocycles. The number of ketones is 1. The summed E-state index contributed by atoms with van der Waals surface area (Å²) in [6.45, 7) is -0.365. The van der Waals surface area contributed by atoms with E-state index in [0.29, 0.717) is 6.20 Å². The van der Waals surface area contributed by atoms with Crippen LogP contribution in [0, 0.1) is 0 Å². The monoisotopic (exact) mass is 284 g/mol. The van der Waals surface area contributed by atoms with E-state index in [2.05, 4.69) is 9.98 Å². The van der Waals surface area contributed by atoms with Crippen LogP contribution in [-0.4, -0.2) is 34.1 Å². The Morgan fingerprint density at radius 1 is 1.30 bits per heavy atom. The van der Waals surface area contributed by atoms with Crippen molar-refractivity contribution in [1.29, 1.82) is 0 Å². The van der Waals surface area contributed by atoms with E-state index in [1.165, 1.54) is 0 Å². The fourth-order valence-electron chi connectivity index (χ4n) is 1.55. The average molecular weight is 284 g/mol. The molecule has 1 aromatic rings. The number of aliphatic carboxylic acids is 1. The minimum Gasteiger partial charge on any atom is -0.478 e. The van der Waals surface area contributed by atoms with Gasteiger partial charge >= 0.3 is 12.1 Å². The molecule has 0 saturated carbocycles. The molecule has 0 unspecified atom stereocenters. The fourth-order valence-corrected chi connectivity index (χ4v) is 1.55. The summed E-state index contributed by atoms with van der Waals surface area (Å²) >= 11 is 0. The third-order valence-electron chi connectivity index (χ3n) is 2.56. The highest BCUT2D eigenvalue weighted by atomic mass is 19.4. The summed E-state index contributed by atoms with van der Waals surface area (Å²) in [7, 11) is 0. The molecule has 2 rings (SSSR count). The van der Waals surface area contributed by atoms with Gasteiger partial charge in [-0.25, -0.2) is 4.79 Å². The molecule has 1 aliphatic rings. The van der Waals surface area contributed by atoms with Crippen LogP contribution >= 0.6 is 0 Å². The largest absolute Gasteiger partial charge is 0.478 e. The maximum Gasteiger partial charge on any atom is 0.417 e. The highest BCUT2D eigenvalue weighted by Crippen LogP contribution is 2.28. The molecule has 0 bridgehead atoms. The predicted molar refractivity (Wildman–Crippen MR) is 61.4 cm³/mol. The zero-order chi connectivity index (χ0) is 14.9. The maximum absolute atomic E-state index is 12.4. The normalized spacial score (nSPS) is 15.7. The first-order valence-corrected chi connectivity index (χ1v) is 5.35. The number of dihydropyridines is 1. The topological polar surface area (TPSA) is 79.6 Å². The fraction of sp³-hybridized carbons (Fsp3) is 0.167. The Kier molecular flexibility index (Phi) is 3.39. The first kappa shape index (κ1) is 13.9. The standard InChI is InChI=1S/C12H7F3N2O3/c13-12(14,15)6-1-2-8(16-4-6)9-3-7(11(19)20)10(18)5-17-9/h1-4H,5H2,(H,19,20). The number of aromatic nitrogens is 1. The molecule has 0 amide bonds. The lowest BCUT2D eigenvalue weighted by Gasteiger charge is -2.10. The van der Waals surface area contributed by atoms with Crippen molar-refractivity contribution in [2.24, 2.45) is 4.99 Å². The Morgan fingerprint density at radius 2 is 2.00 bits per heavy atom. The SMILES string of the molecule is O=C(O)C1=CC(c2ccc(C(F)(F)F)cn2)=NCC1=O. The summed E-state index contributed by atoms with van der Waals surface area (Å²) in [5, 5.41) is 8.81. The Morgan fingerprint density at radius 3 is 2.50 bits per heavy atom. The van der Waals surface area contributed by atoms with Crippen molar-refractivity contribution >= 4 is 17.5 Å². The van der Waals surface area contributed by atoms with E-state index in [4.69, 9.17) is 5.11 Å². The second-order valence-corrected chi connectivity index (χ2v) is 3.92. The van der Waals surface area contributed by atoms with Gasteiger partial charge in [-0.05, 0) is 18.2 Å². The number of nitrogens with zero attached hydrogens (tertiary/aromatic N) is 2. The summed E-state index contributed by atoms with van der Waals surface area (Å²) in [6.07, 6.45) is -2.87. The average Bonchev–Trinajstić information content (AvgIpc) is 2.38. The summed E-state index contributed by atoms with van der Waals surface area (Å²) in [4.78, 5) is 29.5. The van der Waals surface area contributed by atoms with Crippen molar-refractivity contribution < 1.29 is 27.9 Å². The molecule has 1 aliphatic heterocycles. The predicted octanol–water partition coefficient (Wildman–Crippen LogP) is 1.48. The zero-order valence-corrected chi connectivity index (χ0v) is 9.81. The van der Waals surface area contributed by atoms with Crippen LogP contribution in [0.15, 0.2) is 35.0 Å². The first-order valence-electron chi connectivity index (χ1n) is 5.35. The molecule has 104 valence electrons. The van der Waals surface area contributed by atoms with Gasteiger partial charge in [-0.3, -0.25) is 14.8 Å². The first-order chi connectivity index (χ1) is 9.29. The second kappa shape index (κ2) is 4.87. The summed E-state index contributed by atoms with van der Waals surface area (Å²) in [6, 6.07) is 1.89. The minimum atomic E-state index is -4.50. The van der Waals surface area contributed by atoms with Crippen LogP contribution in [0.3, 0.4) is 0 Å². The summed E-state index contributed by atoms with van der Waals surface area (Å²) in [5.41, 5.74) is -1.24. The van der Waals surface area contributed by atoms with Crippen molar-refractivity contribution in [2.45, 2.75) is 6.18 Å². The number of carbonyl (C=O) groups is 2. The number of halogens is 3. The van der Waals surface area contributed by atoms with Crippen LogP contribution < -0.4 is 0 Å². The summed E-state index contributed by atoms with van der Waals surface area (Å²) in [5.74, 6) is -2.07. The van der Waals surface area contributed by atoms with Gasteiger partial charge in [-0.2, -0.15) is 13.2 Å². The van der Waals surface area contributed by atoms with Crippen LogP contribution in [0.2, 0.25) is 0 Å². The van der Waals surface area contributed by atoms with Crippen LogP contribution in [0.5, 0.6) is 0 Å². The van der Waals surface area contributed by atoms with Crippen molar-refractivity contribution in [3.05, 3.63) is 41.2 Å². The number of carboxylic acid groups (broad SMARTS) is 1. The number of aliphatic imine (C=N–C) groups is 1. The Labute approximate surface area is 110 Å². The zero-order valence-electron chi connectivity index (χ0n) is 9.81. The summed E-state index contributed by atoms with van der Waals surface area (Å²) < 4.78 is 37.1. The Balaban J connectivity index is 2.34. The van der Waals surface area contributed by atoms with Gasteiger partial charge in [-0.1, -0.05) is 0 Å². The quantitative estimate of drug-likeness (QED) is 0.834. The number of alkyl halides is 3. The molecule has 0 radical (unpaired) electrons. The molecular formula is C12H7F3N2O3. The van der Waals surface area contributed by atoms with E-state index >= 15 is 0 Å². The van der Waals surface area contributed by atoms with Crippen molar-refractivity contribution in [1.82, 2.24) is 4.98 Å². The smallest absolute Gasteiger partial charge is 0.417 e. The third-order valence-corrected chi connectivity index (χ3v) is 2.56. The lowest BCUT2D eigenvalue weighted by atomic mass is 10.0. The van der Waals surface area contributed by atoms with Gasteiger partial charge < -0.3 is 5.11 Å². The van der Waals surface area contributed by atoms with E-state index in [9.17, 15) is 22.8 Å². The van der Waals surface area contributed by atoms with Crippen LogP contribution in [0.25, 0.3) is 0 Å². The van der Waals surface area contributed by atoms with E-state index in [1.807, 2.05) is 0 Å². The van der Waals surface area contributed by atoms with Gasteiger partial charge in [0.1, 0.15) is 12.1 Å². The number of rotatable bonds is 2. The molecular weight excluding hydrogens is 277 g/mol. The molecule has 1 N–H and O–H groups in total. The molecule has 0 spiro atoms. The number of Topliss-reactive ketones (excluding diaryl/α,β-unsaturated/α-hetero) is 1. The number of carbonyl (C=O) groups excluding carboxylic acids is 1. The number of allylic oxidation sites excluding steroid dienone is 1. The third kappa shape index (κ3) is 2.73. The highest BCUT2D eigenvalue weighted by molar-refractivity contribution is 6.25. The van der Waals surface area contributed by atoms with E-state index < -0.39 is 29.1 Å². The van der Waals surface area contributed by atoms with E-state index in [0.717, 1.165) is 18.2 Å². The van der Waals surface area contributed by atoms with Crippen molar-refractivity contribution in [3.63, 3.8) is 0 Å². The van der Waals surface area contributed by atoms with Crippen LogP contribution in [0.1, 0.15) is 11.3 Å². The van der Waals surface area contributed by atoms with Crippen molar-refractivity contribution in [3.8, 4) is 0 Å². The van der Waals surface area contributed by atoms with E-state index in [-0.39, 0.29) is 18.0 Å². The number of pyridine rings is 1. The molecule has 8 heteroatoms. The van der Waals surface area contributed by atoms with Crippen molar-refractivity contribution in [2.75, 3.05) is 6.54 Å². The van der Waals surface area contributed by atoms with Crippen LogP contribution in [-0.2, 0) is 15.8 Å². The molecule has 0 saturated heterocycles. The molecule has 20 heavy (non-hydrogen) atoms. The second-order valence-electron chi connectivity index (χ2n) is 3.92. The molecule has 5 nitrogen and oxygen atoms in total. The number of hydrogen-bond donors (Lipinski definition) is 1.